The van der Waals surface area contributed by atoms with Crippen LogP contribution < -0.4 is 36.6 Å². The van der Waals surface area contributed by atoms with E-state index in [1.165, 1.54) is 31.2 Å². The summed E-state index contributed by atoms with van der Waals surface area (Å²) in [4.78, 5) is 47.6. The van der Waals surface area contributed by atoms with Crippen LogP contribution in [0, 0.1) is 11.7 Å². The Hall–Kier alpha value is -5.85. The number of hydrogen-bond acceptors (Lipinski definition) is 12. The number of piperidine rings is 2. The Balaban J connectivity index is 0.929. The van der Waals surface area contributed by atoms with E-state index in [2.05, 4.69) is 40.9 Å². The van der Waals surface area contributed by atoms with E-state index in [0.29, 0.717) is 69.7 Å². The molecular formula is C38H44F4N12O3. The Bertz CT molecular complexity index is 2130. The Kier molecular flexibility index (Phi) is 11.5. The molecule has 0 saturated carbocycles. The lowest BCUT2D eigenvalue weighted by atomic mass is 9.94. The Morgan fingerprint density at radius 1 is 0.895 bits per heavy atom. The van der Waals surface area contributed by atoms with Crippen LogP contribution in [0.15, 0.2) is 53.3 Å². The quantitative estimate of drug-likeness (QED) is 0.171. The minimum Gasteiger partial charge on any atom is -0.371 e. The third-order valence-electron chi connectivity index (χ3n) is 10.7. The van der Waals surface area contributed by atoms with E-state index in [-0.39, 0.29) is 46.4 Å². The number of carbonyl (C=O) groups is 2. The molecular weight excluding hydrogens is 748 g/mol. The lowest BCUT2D eigenvalue weighted by Crippen LogP contribution is -2.49. The molecule has 3 saturated heterocycles. The first-order chi connectivity index (χ1) is 27.3. The van der Waals surface area contributed by atoms with Gasteiger partial charge in [-0.1, -0.05) is 6.07 Å². The molecule has 0 radical (unpaired) electrons. The number of aromatic amines is 1. The van der Waals surface area contributed by atoms with Crippen molar-refractivity contribution in [2.24, 2.45) is 11.7 Å². The lowest BCUT2D eigenvalue weighted by molar-refractivity contribution is -0.137. The van der Waals surface area contributed by atoms with E-state index in [4.69, 9.17) is 5.73 Å². The van der Waals surface area contributed by atoms with Gasteiger partial charge < -0.3 is 31.1 Å². The van der Waals surface area contributed by atoms with Crippen molar-refractivity contribution in [2.75, 3.05) is 78.9 Å². The molecule has 3 aliphatic heterocycles. The Morgan fingerprint density at radius 2 is 1.63 bits per heavy atom. The van der Waals surface area contributed by atoms with Crippen molar-refractivity contribution in [3.05, 3.63) is 76.0 Å². The number of H-pyrrole nitrogens is 1. The van der Waals surface area contributed by atoms with Crippen molar-refractivity contribution in [2.45, 2.75) is 44.8 Å². The monoisotopic (exact) mass is 792 g/mol. The van der Waals surface area contributed by atoms with Crippen molar-refractivity contribution in [3.63, 3.8) is 0 Å². The predicted octanol–water partition coefficient (Wildman–Crippen LogP) is 3.77. The highest BCUT2D eigenvalue weighted by Crippen LogP contribution is 2.40. The van der Waals surface area contributed by atoms with Gasteiger partial charge in [0.2, 0.25) is 11.9 Å². The van der Waals surface area contributed by atoms with Crippen LogP contribution in [-0.2, 0) is 11.0 Å². The number of nitrogens with one attached hydrogen (secondary N) is 3. The zero-order chi connectivity index (χ0) is 40.3. The van der Waals surface area contributed by atoms with Crippen molar-refractivity contribution in [3.8, 4) is 11.3 Å². The van der Waals surface area contributed by atoms with E-state index in [0.717, 1.165) is 38.3 Å². The van der Waals surface area contributed by atoms with Gasteiger partial charge >= 0.3 is 6.18 Å². The Morgan fingerprint density at radius 3 is 2.30 bits per heavy atom. The van der Waals surface area contributed by atoms with Gasteiger partial charge in [-0.3, -0.25) is 19.3 Å². The fraction of sp³-hybridized carbons (Fsp3) is 0.447. The van der Waals surface area contributed by atoms with Gasteiger partial charge in [-0.05, 0) is 68.0 Å². The summed E-state index contributed by atoms with van der Waals surface area (Å²) in [6.07, 6.45) is -1.49. The van der Waals surface area contributed by atoms with Gasteiger partial charge in [0.25, 0.3) is 11.5 Å². The molecule has 2 aromatic carbocycles. The van der Waals surface area contributed by atoms with Crippen LogP contribution in [0.25, 0.3) is 11.3 Å². The molecule has 2 amide bonds. The third-order valence-corrected chi connectivity index (χ3v) is 10.7. The van der Waals surface area contributed by atoms with Gasteiger partial charge in [0.05, 0.1) is 16.9 Å². The van der Waals surface area contributed by atoms with Crippen molar-refractivity contribution in [1.29, 1.82) is 0 Å². The van der Waals surface area contributed by atoms with E-state index < -0.39 is 29.0 Å². The molecule has 19 heteroatoms. The number of hydrogen-bond donors (Lipinski definition) is 4. The van der Waals surface area contributed by atoms with Crippen LogP contribution in [0.4, 0.5) is 46.4 Å². The van der Waals surface area contributed by atoms with Crippen molar-refractivity contribution >= 4 is 40.6 Å². The molecule has 0 unspecified atom stereocenters. The molecule has 1 atom stereocenters. The summed E-state index contributed by atoms with van der Waals surface area (Å²) >= 11 is 0. The molecule has 7 rings (SSSR count). The highest BCUT2D eigenvalue weighted by molar-refractivity contribution is 5.96. The summed E-state index contributed by atoms with van der Waals surface area (Å²) in [5, 5.41) is 20.1. The van der Waals surface area contributed by atoms with Crippen molar-refractivity contribution in [1.82, 2.24) is 35.6 Å². The number of alkyl halides is 3. The number of piperazine rings is 1. The summed E-state index contributed by atoms with van der Waals surface area (Å²) in [5.41, 5.74) is 5.62. The van der Waals surface area contributed by atoms with Crippen molar-refractivity contribution < 1.29 is 27.2 Å². The number of rotatable bonds is 10. The molecule has 5 heterocycles. The van der Waals surface area contributed by atoms with Crippen LogP contribution in [-0.4, -0.2) is 107 Å². The zero-order valence-electron chi connectivity index (χ0n) is 31.4. The molecule has 4 aromatic rings. The molecule has 57 heavy (non-hydrogen) atoms. The van der Waals surface area contributed by atoms with E-state index >= 15 is 4.39 Å². The highest BCUT2D eigenvalue weighted by Gasteiger charge is 2.36. The number of amides is 2. The average Bonchev–Trinajstić information content (AvgIpc) is 3.18. The number of carbonyl (C=O) groups excluding carboxylic acids is 2. The van der Waals surface area contributed by atoms with Crippen LogP contribution in [0.1, 0.15) is 48.7 Å². The molecule has 0 spiro atoms. The maximum Gasteiger partial charge on any atom is 0.418 e. The molecule has 0 bridgehead atoms. The molecule has 15 nitrogen and oxygen atoms in total. The molecule has 5 N–H and O–H groups in total. The summed E-state index contributed by atoms with van der Waals surface area (Å²) < 4.78 is 58.3. The normalized spacial score (nSPS) is 18.4. The molecule has 3 fully saturated rings. The first-order valence-corrected chi connectivity index (χ1v) is 18.9. The van der Waals surface area contributed by atoms with Gasteiger partial charge in [0.1, 0.15) is 5.82 Å². The zero-order valence-corrected chi connectivity index (χ0v) is 31.4. The van der Waals surface area contributed by atoms with E-state index in [1.807, 2.05) is 9.80 Å². The van der Waals surface area contributed by atoms with Crippen LogP contribution in [0.3, 0.4) is 0 Å². The molecule has 3 aliphatic rings. The van der Waals surface area contributed by atoms with Gasteiger partial charge in [-0.15, -0.1) is 10.2 Å². The second kappa shape index (κ2) is 16.7. The molecule has 302 valence electrons. The van der Waals surface area contributed by atoms with Gasteiger partial charge in [0, 0.05) is 94.9 Å². The number of aromatic nitrogens is 5. The van der Waals surface area contributed by atoms with Gasteiger partial charge in [-0.25, -0.2) is 9.49 Å². The number of nitrogens with two attached hydrogens (primary N) is 1. The average molecular weight is 793 g/mol. The number of halogens is 4. The molecule has 0 aliphatic carbocycles. The van der Waals surface area contributed by atoms with Gasteiger partial charge in [0.15, 0.2) is 11.5 Å². The number of benzene rings is 2. The first-order valence-electron chi connectivity index (χ1n) is 18.9. The molecule has 2 aromatic heterocycles. The third kappa shape index (κ3) is 9.41. The standard InChI is InChI=1S/C38H44F4N12O3/c1-23(55)44-27-3-2-12-54(22-27)37-46-36(34(35(43)57)49-50-37)45-26-5-8-32(29(39)20-26)53-17-15-51(16-18-53)21-24-10-13-52(14-11-24)31-7-4-25(19-28(31)38(40,41)42)30-6-9-33(56)48-47-30/h4-9,19-20,24,27H,2-3,10-18,21-22H2,1H3,(H2,43,57)(H,44,55)(H,48,56)(H,45,46,50)/t27-/m1/s1. The maximum absolute atomic E-state index is 15.6. The highest BCUT2D eigenvalue weighted by atomic mass is 19.4. The SMILES string of the molecule is CC(=O)N[C@@H]1CCCN(c2nnc(C(N)=O)c(Nc3ccc(N4CCN(CC5CCN(c6ccc(-c7ccc(=O)[nH]n7)cc6C(F)(F)F)CC5)CC4)c(F)c3)n2)C1. The van der Waals surface area contributed by atoms with Crippen LogP contribution in [0.5, 0.6) is 0 Å². The minimum atomic E-state index is -4.57. The number of primary amides is 1. The van der Waals surface area contributed by atoms with Crippen LogP contribution in [0.2, 0.25) is 0 Å². The summed E-state index contributed by atoms with van der Waals surface area (Å²) in [6.45, 7) is 6.92. The number of anilines is 5. The summed E-state index contributed by atoms with van der Waals surface area (Å²) in [6, 6.07) is 11.4. The van der Waals surface area contributed by atoms with E-state index in [9.17, 15) is 27.6 Å². The smallest absolute Gasteiger partial charge is 0.371 e. The fourth-order valence-corrected chi connectivity index (χ4v) is 7.84. The number of nitrogens with zero attached hydrogens (tertiary/aromatic N) is 8. The Labute approximate surface area is 325 Å². The largest absolute Gasteiger partial charge is 0.418 e. The maximum atomic E-state index is 15.6. The first kappa shape index (κ1) is 39.4. The predicted molar refractivity (Wildman–Crippen MR) is 206 cm³/mol. The van der Waals surface area contributed by atoms with Crippen LogP contribution >= 0.6 is 0 Å². The summed E-state index contributed by atoms with van der Waals surface area (Å²) in [7, 11) is 0. The summed E-state index contributed by atoms with van der Waals surface area (Å²) in [5.74, 6) is -0.834. The lowest BCUT2D eigenvalue weighted by Gasteiger charge is -2.40. The van der Waals surface area contributed by atoms with E-state index in [1.54, 1.807) is 23.1 Å². The topological polar surface area (TPSA) is 182 Å². The van der Waals surface area contributed by atoms with Gasteiger partial charge in [-0.2, -0.15) is 23.3 Å². The second-order valence-corrected chi connectivity index (χ2v) is 14.7. The minimum absolute atomic E-state index is 0.0413. The second-order valence-electron chi connectivity index (χ2n) is 14.7. The fourth-order valence-electron chi connectivity index (χ4n) is 7.84.